The molecule has 2 aliphatic rings. The van der Waals surface area contributed by atoms with Crippen molar-refractivity contribution in [3.8, 4) is 17.6 Å². The topological polar surface area (TPSA) is 124 Å². The maximum absolute atomic E-state index is 14.6. The van der Waals surface area contributed by atoms with Crippen LogP contribution in [0.3, 0.4) is 0 Å². The van der Waals surface area contributed by atoms with Crippen LogP contribution in [0.4, 0.5) is 4.39 Å². The fraction of sp³-hybridized carbons (Fsp3) is 0.435. The van der Waals surface area contributed by atoms with Gasteiger partial charge in [0.05, 0.1) is 24.2 Å². The monoisotopic (exact) mass is 479 g/mol. The van der Waals surface area contributed by atoms with Gasteiger partial charge in [-0.2, -0.15) is 10.2 Å². The van der Waals surface area contributed by atoms with Gasteiger partial charge in [-0.05, 0) is 25.0 Å². The second-order valence-electron chi connectivity index (χ2n) is 8.75. The Morgan fingerprint density at radius 3 is 2.74 bits per heavy atom. The average molecular weight is 479 g/mol. The normalized spacial score (nSPS) is 17.7. The van der Waals surface area contributed by atoms with Crippen molar-refractivity contribution in [2.24, 2.45) is 0 Å². The lowest BCUT2D eigenvalue weighted by Gasteiger charge is -2.27. The van der Waals surface area contributed by atoms with E-state index in [0.29, 0.717) is 31.2 Å². The number of ether oxygens (including phenoxy) is 2. The van der Waals surface area contributed by atoms with Crippen LogP contribution in [-0.2, 0) is 21.6 Å². The molecule has 0 unspecified atom stereocenters. The number of nitriles is 1. The van der Waals surface area contributed by atoms with Gasteiger partial charge in [0.1, 0.15) is 40.6 Å². The summed E-state index contributed by atoms with van der Waals surface area (Å²) in [5.41, 5.74) is 0.0117. The molecule has 0 amide bonds. The molecule has 0 spiro atoms. The Labute approximate surface area is 198 Å². The van der Waals surface area contributed by atoms with Crippen molar-refractivity contribution in [2.75, 3.05) is 40.0 Å². The highest BCUT2D eigenvalue weighted by Crippen LogP contribution is 2.48. The van der Waals surface area contributed by atoms with Gasteiger partial charge in [-0.3, -0.25) is 14.1 Å². The van der Waals surface area contributed by atoms with Gasteiger partial charge in [0.25, 0.3) is 11.4 Å². The lowest BCUT2D eigenvalue weighted by Crippen LogP contribution is -2.39. The van der Waals surface area contributed by atoms with Crippen LogP contribution in [0.1, 0.15) is 24.3 Å². The Morgan fingerprint density at radius 1 is 1.23 bits per heavy atom. The third-order valence-electron chi connectivity index (χ3n) is 6.83. The van der Waals surface area contributed by atoms with Crippen LogP contribution in [0.25, 0.3) is 28.1 Å². The molecule has 4 heterocycles. The van der Waals surface area contributed by atoms with E-state index in [1.165, 1.54) is 17.0 Å². The fourth-order valence-electron chi connectivity index (χ4n) is 4.66. The van der Waals surface area contributed by atoms with E-state index in [2.05, 4.69) is 20.0 Å². The molecule has 11 nitrogen and oxygen atoms in total. The predicted molar refractivity (Wildman–Crippen MR) is 120 cm³/mol. The van der Waals surface area contributed by atoms with Gasteiger partial charge in [-0.25, -0.2) is 9.37 Å². The van der Waals surface area contributed by atoms with E-state index in [-0.39, 0.29) is 34.7 Å². The van der Waals surface area contributed by atoms with E-state index < -0.39 is 17.0 Å². The predicted octanol–water partition coefficient (Wildman–Crippen LogP) is 1.68. The quantitative estimate of drug-likeness (QED) is 0.406. The highest BCUT2D eigenvalue weighted by Gasteiger charge is 2.50. The molecular formula is C23H22FN7O4. The molecule has 0 bridgehead atoms. The third-order valence-corrected chi connectivity index (χ3v) is 6.83. The molecule has 12 heteroatoms. The Hall–Kier alpha value is -3.66. The minimum Gasteiger partial charge on any atom is -0.379 e. The van der Waals surface area contributed by atoms with Crippen molar-refractivity contribution in [1.29, 1.82) is 5.26 Å². The SMILES string of the molecule is COC1(c2nc(-c3ncn4c3c(=O)n(CCN3CCOCC3)c3c(C#N)c(F)ccc34)no2)CC1. The van der Waals surface area contributed by atoms with Crippen LogP contribution in [0, 0.1) is 17.1 Å². The number of fused-ring (bicyclic) bond motifs is 3. The zero-order chi connectivity index (χ0) is 24.2. The van der Waals surface area contributed by atoms with E-state index in [9.17, 15) is 14.4 Å². The van der Waals surface area contributed by atoms with Crippen LogP contribution in [0.5, 0.6) is 0 Å². The largest absolute Gasteiger partial charge is 0.379 e. The summed E-state index contributed by atoms with van der Waals surface area (Å²) in [7, 11) is 1.59. The number of imidazole rings is 1. The van der Waals surface area contributed by atoms with E-state index in [0.717, 1.165) is 25.9 Å². The van der Waals surface area contributed by atoms with Crippen molar-refractivity contribution >= 4 is 16.6 Å². The van der Waals surface area contributed by atoms with Gasteiger partial charge in [0.2, 0.25) is 5.82 Å². The van der Waals surface area contributed by atoms with Gasteiger partial charge in [0, 0.05) is 33.3 Å². The van der Waals surface area contributed by atoms with Crippen molar-refractivity contribution < 1.29 is 18.4 Å². The minimum atomic E-state index is -0.684. The number of nitrogens with zero attached hydrogens (tertiary/aromatic N) is 7. The van der Waals surface area contributed by atoms with Gasteiger partial charge in [-0.15, -0.1) is 0 Å². The molecule has 1 saturated heterocycles. The van der Waals surface area contributed by atoms with Crippen LogP contribution in [0.2, 0.25) is 0 Å². The molecule has 1 aliphatic heterocycles. The molecule has 1 saturated carbocycles. The summed E-state index contributed by atoms with van der Waals surface area (Å²) in [6.45, 7) is 3.50. The number of benzene rings is 1. The summed E-state index contributed by atoms with van der Waals surface area (Å²) in [6, 6.07) is 4.69. The fourth-order valence-corrected chi connectivity index (χ4v) is 4.66. The molecule has 6 rings (SSSR count). The Balaban J connectivity index is 1.53. The summed E-state index contributed by atoms with van der Waals surface area (Å²) >= 11 is 0. The molecule has 4 aromatic rings. The minimum absolute atomic E-state index is 0.171. The molecule has 1 aromatic carbocycles. The van der Waals surface area contributed by atoms with Gasteiger partial charge in [-0.1, -0.05) is 5.16 Å². The second-order valence-corrected chi connectivity index (χ2v) is 8.75. The summed E-state index contributed by atoms with van der Waals surface area (Å²) in [5.74, 6) is -0.167. The number of hydrogen-bond donors (Lipinski definition) is 0. The smallest absolute Gasteiger partial charge is 0.277 e. The van der Waals surface area contributed by atoms with Crippen LogP contribution >= 0.6 is 0 Å². The molecule has 1 aliphatic carbocycles. The van der Waals surface area contributed by atoms with Crippen LogP contribution < -0.4 is 5.56 Å². The van der Waals surface area contributed by atoms with Gasteiger partial charge < -0.3 is 18.6 Å². The highest BCUT2D eigenvalue weighted by molar-refractivity contribution is 5.87. The third kappa shape index (κ3) is 3.43. The maximum Gasteiger partial charge on any atom is 0.277 e. The number of rotatable bonds is 6. The number of methoxy groups -OCH3 is 1. The molecule has 0 N–H and O–H groups in total. The first-order valence-electron chi connectivity index (χ1n) is 11.4. The Bertz CT molecular complexity index is 1540. The summed E-state index contributed by atoms with van der Waals surface area (Å²) in [5, 5.41) is 13.8. The molecule has 35 heavy (non-hydrogen) atoms. The molecule has 2 fully saturated rings. The van der Waals surface area contributed by atoms with Crippen molar-refractivity contribution in [3.63, 3.8) is 0 Å². The summed E-state index contributed by atoms with van der Waals surface area (Å²) in [6.07, 6.45) is 3.01. The Kier molecular flexibility index (Phi) is 5.14. The molecule has 0 radical (unpaired) electrons. The van der Waals surface area contributed by atoms with Crippen LogP contribution in [0.15, 0.2) is 27.8 Å². The maximum atomic E-state index is 14.6. The Morgan fingerprint density at radius 2 is 2.03 bits per heavy atom. The molecule has 0 atom stereocenters. The van der Waals surface area contributed by atoms with Crippen molar-refractivity contribution in [3.05, 3.63) is 46.1 Å². The van der Waals surface area contributed by atoms with E-state index in [1.54, 1.807) is 17.6 Å². The second kappa shape index (κ2) is 8.23. The summed E-state index contributed by atoms with van der Waals surface area (Å²) in [4.78, 5) is 24.9. The lowest BCUT2D eigenvalue weighted by atomic mass is 10.1. The highest BCUT2D eigenvalue weighted by atomic mass is 19.1. The van der Waals surface area contributed by atoms with Crippen molar-refractivity contribution in [1.82, 2.24) is 29.0 Å². The number of aromatic nitrogens is 5. The first kappa shape index (κ1) is 21.8. The molecular weight excluding hydrogens is 457 g/mol. The molecule has 3 aromatic heterocycles. The number of hydrogen-bond acceptors (Lipinski definition) is 9. The first-order valence-corrected chi connectivity index (χ1v) is 11.4. The lowest BCUT2D eigenvalue weighted by molar-refractivity contribution is 0.0364. The average Bonchev–Trinajstić information content (AvgIpc) is 3.30. The zero-order valence-corrected chi connectivity index (χ0v) is 19.0. The first-order chi connectivity index (χ1) is 17.1. The molecule has 180 valence electrons. The summed E-state index contributed by atoms with van der Waals surface area (Å²) < 4.78 is 34.0. The number of halogens is 1. The van der Waals surface area contributed by atoms with Gasteiger partial charge >= 0.3 is 0 Å². The van der Waals surface area contributed by atoms with E-state index in [4.69, 9.17) is 14.0 Å². The van der Waals surface area contributed by atoms with Crippen molar-refractivity contribution in [2.45, 2.75) is 25.0 Å². The zero-order valence-electron chi connectivity index (χ0n) is 19.0. The standard InChI is InChI=1S/C23H22FN7O4/c1-33-23(4-5-23)22-27-20(28-35-22)17-19-21(32)30(7-6-29-8-10-34-11-9-29)18-14(12-25)15(24)2-3-16(18)31(19)13-26-17/h2-3,13H,4-11H2,1H3. The van der Waals surface area contributed by atoms with E-state index >= 15 is 0 Å². The van der Waals surface area contributed by atoms with Crippen LogP contribution in [-0.4, -0.2) is 69.0 Å². The van der Waals surface area contributed by atoms with Gasteiger partial charge in [0.15, 0.2) is 0 Å². The van der Waals surface area contributed by atoms with E-state index in [1.807, 2.05) is 6.07 Å². The number of morpholine rings is 1.